The van der Waals surface area contributed by atoms with Crippen LogP contribution in [0.5, 0.6) is 5.75 Å². The van der Waals surface area contributed by atoms with Crippen molar-refractivity contribution in [3.8, 4) is 5.75 Å². The fourth-order valence-electron chi connectivity index (χ4n) is 1.97. The minimum atomic E-state index is -1.01. The molecule has 1 aromatic rings. The highest BCUT2D eigenvalue weighted by Crippen LogP contribution is 2.19. The van der Waals surface area contributed by atoms with Crippen molar-refractivity contribution in [2.24, 2.45) is 11.5 Å². The predicted molar refractivity (Wildman–Crippen MR) is 77.3 cm³/mol. The molecule has 0 radical (unpaired) electrons. The lowest BCUT2D eigenvalue weighted by Crippen LogP contribution is -2.46. The fourth-order valence-corrected chi connectivity index (χ4v) is 1.97. The third kappa shape index (κ3) is 5.05. The molecule has 21 heavy (non-hydrogen) atoms. The van der Waals surface area contributed by atoms with Crippen LogP contribution in [0.4, 0.5) is 0 Å². The first-order valence-corrected chi connectivity index (χ1v) is 6.55. The van der Waals surface area contributed by atoms with Gasteiger partial charge in [0.05, 0.1) is 26.2 Å². The van der Waals surface area contributed by atoms with Crippen molar-refractivity contribution in [1.29, 1.82) is 0 Å². The second kappa shape index (κ2) is 8.23. The second-order valence-corrected chi connectivity index (χ2v) is 4.57. The van der Waals surface area contributed by atoms with Crippen molar-refractivity contribution in [2.75, 3.05) is 20.3 Å². The zero-order chi connectivity index (χ0) is 15.8. The van der Waals surface area contributed by atoms with Gasteiger partial charge in [-0.2, -0.15) is 0 Å². The maximum absolute atomic E-state index is 12.2. The Balaban J connectivity index is 2.86. The van der Waals surface area contributed by atoms with Crippen molar-refractivity contribution >= 4 is 11.8 Å². The van der Waals surface area contributed by atoms with Gasteiger partial charge in [-0.1, -0.05) is 18.2 Å². The summed E-state index contributed by atoms with van der Waals surface area (Å²) in [5, 5.41) is 9.10. The molecular weight excluding hydrogens is 274 g/mol. The molecule has 0 saturated heterocycles. The molecule has 0 heterocycles. The van der Waals surface area contributed by atoms with Crippen LogP contribution in [0, 0.1) is 0 Å². The number of rotatable bonds is 8. The Kier molecular flexibility index (Phi) is 6.64. The molecule has 0 spiro atoms. The number of ether oxygens (including phenoxy) is 1. The van der Waals surface area contributed by atoms with E-state index < -0.39 is 17.9 Å². The van der Waals surface area contributed by atoms with Crippen LogP contribution in [0.25, 0.3) is 0 Å². The Morgan fingerprint density at radius 2 is 2.05 bits per heavy atom. The van der Waals surface area contributed by atoms with E-state index in [0.29, 0.717) is 5.75 Å². The quantitative estimate of drug-likeness (QED) is 0.581. The van der Waals surface area contributed by atoms with Crippen molar-refractivity contribution < 1.29 is 19.4 Å². The van der Waals surface area contributed by atoms with Crippen LogP contribution in [-0.4, -0.2) is 48.1 Å². The Morgan fingerprint density at radius 3 is 2.62 bits per heavy atom. The average Bonchev–Trinajstić information content (AvgIpc) is 2.45. The number of methoxy groups -OCH3 is 1. The SMILES string of the molecule is COc1ccccc1CN(CCO)C(=O)C(N)CC(N)=O. The van der Waals surface area contributed by atoms with E-state index in [0.717, 1.165) is 5.56 Å². The summed E-state index contributed by atoms with van der Waals surface area (Å²) in [6.45, 7) is 0.142. The molecule has 1 unspecified atom stereocenters. The first-order valence-electron chi connectivity index (χ1n) is 6.55. The standard InChI is InChI=1S/C14H21N3O4/c1-21-12-5-3-2-4-10(12)9-17(6-7-18)14(20)11(15)8-13(16)19/h2-5,11,18H,6-9,15H2,1H3,(H2,16,19). The number of benzene rings is 1. The lowest BCUT2D eigenvalue weighted by atomic mass is 10.1. The van der Waals surface area contributed by atoms with Gasteiger partial charge in [0.1, 0.15) is 5.75 Å². The van der Waals surface area contributed by atoms with E-state index in [1.54, 1.807) is 6.07 Å². The van der Waals surface area contributed by atoms with Crippen molar-refractivity contribution in [3.05, 3.63) is 29.8 Å². The number of nitrogens with zero attached hydrogens (tertiary/aromatic N) is 1. The van der Waals surface area contributed by atoms with Crippen LogP contribution < -0.4 is 16.2 Å². The monoisotopic (exact) mass is 295 g/mol. The van der Waals surface area contributed by atoms with E-state index in [4.69, 9.17) is 21.3 Å². The van der Waals surface area contributed by atoms with Gasteiger partial charge in [0.15, 0.2) is 0 Å². The minimum Gasteiger partial charge on any atom is -0.496 e. The molecule has 0 aliphatic carbocycles. The highest BCUT2D eigenvalue weighted by Gasteiger charge is 2.23. The van der Waals surface area contributed by atoms with Gasteiger partial charge >= 0.3 is 0 Å². The first-order chi connectivity index (χ1) is 9.99. The van der Waals surface area contributed by atoms with Crippen LogP contribution >= 0.6 is 0 Å². The van der Waals surface area contributed by atoms with Gasteiger partial charge < -0.3 is 26.2 Å². The summed E-state index contributed by atoms with van der Waals surface area (Å²) in [5.41, 5.74) is 11.5. The molecule has 1 rings (SSSR count). The summed E-state index contributed by atoms with van der Waals surface area (Å²) in [6, 6.07) is 6.22. The second-order valence-electron chi connectivity index (χ2n) is 4.57. The summed E-state index contributed by atoms with van der Waals surface area (Å²) >= 11 is 0. The van der Waals surface area contributed by atoms with Crippen molar-refractivity contribution in [2.45, 2.75) is 19.0 Å². The van der Waals surface area contributed by atoms with Crippen LogP contribution in [0.3, 0.4) is 0 Å². The lowest BCUT2D eigenvalue weighted by Gasteiger charge is -2.25. The van der Waals surface area contributed by atoms with Gasteiger partial charge in [-0.3, -0.25) is 9.59 Å². The predicted octanol–water partition coefficient (Wildman–Crippen LogP) is -0.781. The summed E-state index contributed by atoms with van der Waals surface area (Å²) in [6.07, 6.45) is -0.229. The normalized spacial score (nSPS) is 11.8. The molecule has 0 aliphatic rings. The smallest absolute Gasteiger partial charge is 0.240 e. The molecule has 0 bridgehead atoms. The molecule has 116 valence electrons. The van der Waals surface area contributed by atoms with Gasteiger partial charge in [-0.15, -0.1) is 0 Å². The van der Waals surface area contributed by atoms with Crippen LogP contribution in [0.1, 0.15) is 12.0 Å². The van der Waals surface area contributed by atoms with Crippen LogP contribution in [0.2, 0.25) is 0 Å². The summed E-state index contributed by atoms with van der Waals surface area (Å²) in [7, 11) is 1.54. The number of primary amides is 1. The van der Waals surface area contributed by atoms with E-state index in [9.17, 15) is 9.59 Å². The van der Waals surface area contributed by atoms with E-state index in [2.05, 4.69) is 0 Å². The summed E-state index contributed by atoms with van der Waals surface area (Å²) < 4.78 is 5.22. The maximum Gasteiger partial charge on any atom is 0.240 e. The molecule has 1 aromatic carbocycles. The third-order valence-corrected chi connectivity index (χ3v) is 2.97. The van der Waals surface area contributed by atoms with E-state index in [-0.39, 0.29) is 26.1 Å². The number of hydrogen-bond acceptors (Lipinski definition) is 5. The van der Waals surface area contributed by atoms with Gasteiger partial charge in [-0.25, -0.2) is 0 Å². The number of hydrogen-bond donors (Lipinski definition) is 3. The molecule has 7 nitrogen and oxygen atoms in total. The molecule has 0 fully saturated rings. The van der Waals surface area contributed by atoms with Crippen LogP contribution in [0.15, 0.2) is 24.3 Å². The molecule has 2 amide bonds. The van der Waals surface area contributed by atoms with E-state index in [1.807, 2.05) is 18.2 Å². The van der Waals surface area contributed by atoms with Gasteiger partial charge in [-0.05, 0) is 6.07 Å². The van der Waals surface area contributed by atoms with Gasteiger partial charge in [0.2, 0.25) is 11.8 Å². The van der Waals surface area contributed by atoms with Crippen LogP contribution in [-0.2, 0) is 16.1 Å². The molecule has 0 saturated carbocycles. The first kappa shape index (κ1) is 16.9. The van der Waals surface area contributed by atoms with E-state index >= 15 is 0 Å². The molecule has 7 heteroatoms. The van der Waals surface area contributed by atoms with Gasteiger partial charge in [0.25, 0.3) is 0 Å². The molecular formula is C14H21N3O4. The zero-order valence-corrected chi connectivity index (χ0v) is 12.0. The topological polar surface area (TPSA) is 119 Å². The molecule has 5 N–H and O–H groups in total. The number of aliphatic hydroxyl groups is 1. The molecule has 1 atom stereocenters. The average molecular weight is 295 g/mol. The van der Waals surface area contributed by atoms with Gasteiger partial charge in [0, 0.05) is 18.7 Å². The zero-order valence-electron chi connectivity index (χ0n) is 12.0. The van der Waals surface area contributed by atoms with Crippen molar-refractivity contribution in [1.82, 2.24) is 4.90 Å². The summed E-state index contributed by atoms with van der Waals surface area (Å²) in [5.74, 6) is -0.442. The number of nitrogens with two attached hydrogens (primary N) is 2. The largest absolute Gasteiger partial charge is 0.496 e. The number of para-hydroxylation sites is 1. The number of carbonyl (C=O) groups is 2. The highest BCUT2D eigenvalue weighted by atomic mass is 16.5. The minimum absolute atomic E-state index is 0.114. The summed E-state index contributed by atoms with van der Waals surface area (Å²) in [4.78, 5) is 24.4. The lowest BCUT2D eigenvalue weighted by molar-refractivity contribution is -0.135. The Hall–Kier alpha value is -2.12. The highest BCUT2D eigenvalue weighted by molar-refractivity contribution is 5.87. The number of amides is 2. The Morgan fingerprint density at radius 1 is 1.38 bits per heavy atom. The fraction of sp³-hybridized carbons (Fsp3) is 0.429. The number of aliphatic hydroxyl groups excluding tert-OH is 1. The molecule has 0 aliphatic heterocycles. The number of carbonyl (C=O) groups excluding carboxylic acids is 2. The Labute approximate surface area is 123 Å². The Bertz CT molecular complexity index is 493. The van der Waals surface area contributed by atoms with E-state index in [1.165, 1.54) is 12.0 Å². The molecule has 0 aromatic heterocycles. The van der Waals surface area contributed by atoms with Crippen molar-refractivity contribution in [3.63, 3.8) is 0 Å². The third-order valence-electron chi connectivity index (χ3n) is 2.97. The maximum atomic E-state index is 12.2.